The fraction of sp³-hybridized carbons (Fsp3) is 0.786. The second kappa shape index (κ2) is 20.8. The molecule has 0 unspecified atom stereocenters. The van der Waals surface area contributed by atoms with E-state index in [0.29, 0.717) is 5.78 Å². The molecule has 0 aliphatic carbocycles. The van der Waals surface area contributed by atoms with Crippen LogP contribution in [0.5, 0.6) is 0 Å². The van der Waals surface area contributed by atoms with E-state index in [1.165, 1.54) is 28.1 Å². The molecular weight excluding hydrogens is 280 g/mol. The Morgan fingerprint density at radius 2 is 1.19 bits per heavy atom. The van der Waals surface area contributed by atoms with E-state index in [4.69, 9.17) is 0 Å². The summed E-state index contributed by atoms with van der Waals surface area (Å²) in [5.41, 5.74) is 0. The summed E-state index contributed by atoms with van der Waals surface area (Å²) in [5, 5.41) is 0. The van der Waals surface area contributed by atoms with E-state index >= 15 is 0 Å². The highest BCUT2D eigenvalue weighted by atomic mass is 16.7. The average molecular weight is 308 g/mol. The molecule has 0 aliphatic heterocycles. The van der Waals surface area contributed by atoms with Gasteiger partial charge in [-0.2, -0.15) is 0 Å². The second-order valence-electron chi connectivity index (χ2n) is 3.89. The lowest BCUT2D eigenvalue weighted by Crippen LogP contribution is -2.00. The summed E-state index contributed by atoms with van der Waals surface area (Å²) in [6.45, 7) is 6.49. The average Bonchev–Trinajstić information content (AvgIpc) is 2.41. The molecule has 126 valence electrons. The van der Waals surface area contributed by atoms with E-state index in [1.807, 2.05) is 0 Å². The number of methoxy groups -OCH3 is 2. The fourth-order valence-electron chi connectivity index (χ4n) is 0.710. The van der Waals surface area contributed by atoms with Crippen LogP contribution in [0.1, 0.15) is 47.0 Å². The van der Waals surface area contributed by atoms with Gasteiger partial charge in [0.1, 0.15) is 5.78 Å². The third-order valence-corrected chi connectivity index (χ3v) is 1.64. The quantitative estimate of drug-likeness (QED) is 0.525. The molecule has 0 aromatic carbocycles. The first-order chi connectivity index (χ1) is 9.81. The van der Waals surface area contributed by atoms with Gasteiger partial charge in [0.2, 0.25) is 0 Å². The second-order valence-corrected chi connectivity index (χ2v) is 3.89. The number of carbonyl (C=O) groups excluding carboxylic acids is 3. The van der Waals surface area contributed by atoms with Crippen LogP contribution in [0.15, 0.2) is 0 Å². The molecular formula is C14H28O7. The SMILES string of the molecule is CCCCC(C)=O.COCOC(C)=O.COCOC(C)=O. The molecule has 0 bridgehead atoms. The van der Waals surface area contributed by atoms with Crippen molar-refractivity contribution in [1.29, 1.82) is 0 Å². The minimum atomic E-state index is -0.318. The number of hydrogen-bond acceptors (Lipinski definition) is 7. The molecule has 0 spiro atoms. The molecule has 0 radical (unpaired) electrons. The van der Waals surface area contributed by atoms with Crippen LogP contribution in [0, 0.1) is 0 Å². The maximum atomic E-state index is 10.2. The van der Waals surface area contributed by atoms with Crippen molar-refractivity contribution >= 4 is 17.7 Å². The molecule has 7 heteroatoms. The Balaban J connectivity index is -0.000000231. The molecule has 0 rings (SSSR count). The van der Waals surface area contributed by atoms with Crippen molar-refractivity contribution in [1.82, 2.24) is 0 Å². The predicted molar refractivity (Wildman–Crippen MR) is 77.5 cm³/mol. The minimum Gasteiger partial charge on any atom is -0.439 e. The Morgan fingerprint density at radius 3 is 1.29 bits per heavy atom. The first-order valence-corrected chi connectivity index (χ1v) is 6.55. The fourth-order valence-corrected chi connectivity index (χ4v) is 0.710. The molecule has 0 aliphatic rings. The molecule has 7 nitrogen and oxygen atoms in total. The zero-order valence-electron chi connectivity index (χ0n) is 13.9. The van der Waals surface area contributed by atoms with Crippen LogP contribution in [0.2, 0.25) is 0 Å². The van der Waals surface area contributed by atoms with Crippen LogP contribution in [-0.2, 0) is 33.3 Å². The van der Waals surface area contributed by atoms with Crippen molar-refractivity contribution in [3.05, 3.63) is 0 Å². The van der Waals surface area contributed by atoms with Crippen LogP contribution in [0.4, 0.5) is 0 Å². The smallest absolute Gasteiger partial charge is 0.304 e. The van der Waals surface area contributed by atoms with E-state index in [1.54, 1.807) is 6.92 Å². The number of ether oxygens (including phenoxy) is 4. The van der Waals surface area contributed by atoms with Crippen molar-refractivity contribution in [2.24, 2.45) is 0 Å². The van der Waals surface area contributed by atoms with E-state index < -0.39 is 0 Å². The van der Waals surface area contributed by atoms with E-state index in [-0.39, 0.29) is 25.5 Å². The molecule has 0 atom stereocenters. The number of rotatable bonds is 7. The van der Waals surface area contributed by atoms with Crippen molar-refractivity contribution in [3.63, 3.8) is 0 Å². The predicted octanol–water partition coefficient (Wildman–Crippen LogP) is 2.07. The van der Waals surface area contributed by atoms with Crippen molar-refractivity contribution in [3.8, 4) is 0 Å². The van der Waals surface area contributed by atoms with Crippen LogP contribution in [-0.4, -0.2) is 45.5 Å². The number of ketones is 1. The van der Waals surface area contributed by atoms with Gasteiger partial charge in [-0.05, 0) is 13.3 Å². The van der Waals surface area contributed by atoms with Gasteiger partial charge in [0.05, 0.1) is 0 Å². The normalized spacial score (nSPS) is 8.48. The lowest BCUT2D eigenvalue weighted by molar-refractivity contribution is -0.152. The molecule has 0 amide bonds. The summed E-state index contributed by atoms with van der Waals surface area (Å²) < 4.78 is 17.5. The van der Waals surface area contributed by atoms with Gasteiger partial charge in [-0.1, -0.05) is 13.3 Å². The lowest BCUT2D eigenvalue weighted by Gasteiger charge is -1.95. The molecule has 21 heavy (non-hydrogen) atoms. The Kier molecular flexibility index (Phi) is 24.4. The monoisotopic (exact) mass is 308 g/mol. The molecule has 0 saturated carbocycles. The number of hydrogen-bond donors (Lipinski definition) is 0. The van der Waals surface area contributed by atoms with Gasteiger partial charge in [-0.15, -0.1) is 0 Å². The van der Waals surface area contributed by atoms with Gasteiger partial charge in [0, 0.05) is 34.5 Å². The number of esters is 2. The highest BCUT2D eigenvalue weighted by Crippen LogP contribution is 1.92. The molecule has 0 aromatic heterocycles. The van der Waals surface area contributed by atoms with Crippen molar-refractivity contribution in [2.75, 3.05) is 27.8 Å². The summed E-state index contributed by atoms with van der Waals surface area (Å²) in [5.74, 6) is -0.328. The third-order valence-electron chi connectivity index (χ3n) is 1.64. The highest BCUT2D eigenvalue weighted by molar-refractivity contribution is 5.75. The van der Waals surface area contributed by atoms with Gasteiger partial charge in [-0.3, -0.25) is 9.59 Å². The Labute approximate surface area is 126 Å². The lowest BCUT2D eigenvalue weighted by atomic mass is 10.2. The standard InChI is InChI=1S/C6H12O.2C4H8O3/c1-3-4-5-6(2)7;2*1-4(5)7-3-6-2/h3-5H2,1-2H3;2*3H2,1-2H3. The molecule has 0 saturated heterocycles. The van der Waals surface area contributed by atoms with Gasteiger partial charge in [0.15, 0.2) is 13.6 Å². The zero-order chi connectivity index (χ0) is 17.1. The van der Waals surface area contributed by atoms with Gasteiger partial charge >= 0.3 is 11.9 Å². The zero-order valence-corrected chi connectivity index (χ0v) is 13.9. The molecule has 0 aromatic rings. The maximum Gasteiger partial charge on any atom is 0.304 e. The van der Waals surface area contributed by atoms with E-state index in [9.17, 15) is 14.4 Å². The Bertz CT molecular complexity index is 221. The van der Waals surface area contributed by atoms with Gasteiger partial charge < -0.3 is 23.7 Å². The highest BCUT2D eigenvalue weighted by Gasteiger charge is 1.87. The van der Waals surface area contributed by atoms with Crippen molar-refractivity contribution in [2.45, 2.75) is 47.0 Å². The topological polar surface area (TPSA) is 88.1 Å². The van der Waals surface area contributed by atoms with Crippen LogP contribution in [0.25, 0.3) is 0 Å². The van der Waals surface area contributed by atoms with Crippen LogP contribution in [0.3, 0.4) is 0 Å². The van der Waals surface area contributed by atoms with Gasteiger partial charge in [-0.25, -0.2) is 0 Å². The Morgan fingerprint density at radius 1 is 0.810 bits per heavy atom. The van der Waals surface area contributed by atoms with Crippen molar-refractivity contribution < 1.29 is 33.3 Å². The summed E-state index contributed by atoms with van der Waals surface area (Å²) in [6.07, 6.45) is 2.94. The summed E-state index contributed by atoms with van der Waals surface area (Å²) in [7, 11) is 2.92. The number of carbonyl (C=O) groups is 3. The maximum absolute atomic E-state index is 10.2. The first-order valence-electron chi connectivity index (χ1n) is 6.55. The van der Waals surface area contributed by atoms with Crippen LogP contribution >= 0.6 is 0 Å². The first kappa shape index (κ1) is 24.5. The van der Waals surface area contributed by atoms with E-state index in [2.05, 4.69) is 25.9 Å². The Hall–Kier alpha value is -1.47. The van der Waals surface area contributed by atoms with Gasteiger partial charge in [0.25, 0.3) is 0 Å². The molecule has 0 heterocycles. The number of unbranched alkanes of at least 4 members (excludes halogenated alkanes) is 1. The molecule has 0 N–H and O–H groups in total. The summed E-state index contributed by atoms with van der Waals surface area (Å²) >= 11 is 0. The summed E-state index contributed by atoms with van der Waals surface area (Å²) in [4.78, 5) is 30.0. The third kappa shape index (κ3) is 45.7. The number of Topliss-reactive ketones (excluding diaryl/α,β-unsaturated/α-hetero) is 1. The molecule has 0 fully saturated rings. The van der Waals surface area contributed by atoms with Crippen LogP contribution < -0.4 is 0 Å². The summed E-state index contributed by atoms with van der Waals surface area (Å²) in [6, 6.07) is 0. The van der Waals surface area contributed by atoms with E-state index in [0.717, 1.165) is 19.3 Å². The minimum absolute atomic E-state index is 0.0509. The largest absolute Gasteiger partial charge is 0.439 e.